The van der Waals surface area contributed by atoms with Crippen LogP contribution in [0.2, 0.25) is 0 Å². The summed E-state index contributed by atoms with van der Waals surface area (Å²) >= 11 is 2.71. The Morgan fingerprint density at radius 2 is 1.80 bits per heavy atom. The van der Waals surface area contributed by atoms with Crippen LogP contribution in [0.15, 0.2) is 64.5 Å². The lowest BCUT2D eigenvalue weighted by Crippen LogP contribution is -2.20. The van der Waals surface area contributed by atoms with Crippen LogP contribution < -0.4 is 10.9 Å². The van der Waals surface area contributed by atoms with Crippen LogP contribution in [-0.2, 0) is 11.8 Å². The van der Waals surface area contributed by atoms with Gasteiger partial charge in [0.25, 0.3) is 5.56 Å². The second kappa shape index (κ2) is 8.45. The van der Waals surface area contributed by atoms with Gasteiger partial charge in [0.05, 0.1) is 11.3 Å². The Morgan fingerprint density at radius 3 is 2.50 bits per heavy atom. The summed E-state index contributed by atoms with van der Waals surface area (Å²) in [6, 6.07) is 17.8. The van der Waals surface area contributed by atoms with Gasteiger partial charge in [0.15, 0.2) is 5.16 Å². The standard InChI is InChI=1S/C23H21N3O2S2/c1-14-9-15(2)11-17(10-14)24-20(27)13-29-23-25-18-12-19(16-7-5-4-6-8-16)30-21(18)22(28)26(23)3/h4-12H,13H2,1-3H3,(H,24,27). The molecule has 5 nitrogen and oxygen atoms in total. The summed E-state index contributed by atoms with van der Waals surface area (Å²) in [5.41, 5.74) is 4.60. The molecule has 7 heteroatoms. The zero-order valence-corrected chi connectivity index (χ0v) is 18.6. The van der Waals surface area contributed by atoms with Crippen LogP contribution >= 0.6 is 23.1 Å². The fourth-order valence-corrected chi connectivity index (χ4v) is 5.13. The first-order valence-corrected chi connectivity index (χ1v) is 11.3. The molecule has 152 valence electrons. The summed E-state index contributed by atoms with van der Waals surface area (Å²) in [7, 11) is 1.70. The summed E-state index contributed by atoms with van der Waals surface area (Å²) in [5, 5.41) is 3.45. The lowest BCUT2D eigenvalue weighted by atomic mass is 10.1. The zero-order valence-electron chi connectivity index (χ0n) is 16.9. The number of aryl methyl sites for hydroxylation is 2. The number of carbonyl (C=O) groups excluding carboxylic acids is 1. The van der Waals surface area contributed by atoms with Gasteiger partial charge in [0.1, 0.15) is 4.70 Å². The van der Waals surface area contributed by atoms with E-state index in [1.165, 1.54) is 27.7 Å². The van der Waals surface area contributed by atoms with Gasteiger partial charge in [0.2, 0.25) is 5.91 Å². The first-order valence-electron chi connectivity index (χ1n) is 9.47. The van der Waals surface area contributed by atoms with Crippen molar-refractivity contribution in [3.8, 4) is 10.4 Å². The molecule has 0 unspecified atom stereocenters. The van der Waals surface area contributed by atoms with Gasteiger partial charge < -0.3 is 5.32 Å². The second-order valence-electron chi connectivity index (χ2n) is 7.16. The number of rotatable bonds is 5. The lowest BCUT2D eigenvalue weighted by Gasteiger charge is -2.09. The predicted octanol–water partition coefficient (Wildman–Crippen LogP) is 5.01. The van der Waals surface area contributed by atoms with Crippen molar-refractivity contribution in [1.29, 1.82) is 0 Å². The van der Waals surface area contributed by atoms with E-state index in [0.29, 0.717) is 15.4 Å². The minimum Gasteiger partial charge on any atom is -0.325 e. The van der Waals surface area contributed by atoms with Crippen LogP contribution in [0.4, 0.5) is 5.69 Å². The third kappa shape index (κ3) is 4.32. The number of benzene rings is 2. The Morgan fingerprint density at radius 1 is 1.10 bits per heavy atom. The third-order valence-electron chi connectivity index (χ3n) is 4.61. The number of hydrogen-bond acceptors (Lipinski definition) is 5. The Hall–Kier alpha value is -2.90. The van der Waals surface area contributed by atoms with E-state index < -0.39 is 0 Å². The Labute approximate surface area is 182 Å². The highest BCUT2D eigenvalue weighted by atomic mass is 32.2. The summed E-state index contributed by atoms with van der Waals surface area (Å²) in [6.45, 7) is 3.99. The van der Waals surface area contributed by atoms with Crippen LogP contribution in [0, 0.1) is 13.8 Å². The molecule has 0 atom stereocenters. The molecular weight excluding hydrogens is 414 g/mol. The lowest BCUT2D eigenvalue weighted by molar-refractivity contribution is -0.113. The maximum atomic E-state index is 12.8. The largest absolute Gasteiger partial charge is 0.325 e. The van der Waals surface area contributed by atoms with Crippen molar-refractivity contribution < 1.29 is 4.79 Å². The summed E-state index contributed by atoms with van der Waals surface area (Å²) in [6.07, 6.45) is 0. The van der Waals surface area contributed by atoms with Gasteiger partial charge in [-0.05, 0) is 48.7 Å². The van der Waals surface area contributed by atoms with Gasteiger partial charge in [-0.15, -0.1) is 11.3 Å². The number of hydrogen-bond donors (Lipinski definition) is 1. The molecule has 2 aromatic carbocycles. The van der Waals surface area contributed by atoms with Crippen LogP contribution in [0.5, 0.6) is 0 Å². The maximum Gasteiger partial charge on any atom is 0.271 e. The fraction of sp³-hybridized carbons (Fsp3) is 0.174. The van der Waals surface area contributed by atoms with E-state index in [1.807, 2.05) is 62.4 Å². The topological polar surface area (TPSA) is 64.0 Å². The molecule has 1 amide bonds. The van der Waals surface area contributed by atoms with Crippen molar-refractivity contribution in [3.63, 3.8) is 0 Å². The van der Waals surface area contributed by atoms with E-state index in [9.17, 15) is 9.59 Å². The Bertz CT molecular complexity index is 1270. The third-order valence-corrected chi connectivity index (χ3v) is 6.80. The van der Waals surface area contributed by atoms with Gasteiger partial charge in [-0.2, -0.15) is 0 Å². The predicted molar refractivity (Wildman–Crippen MR) is 126 cm³/mol. The first kappa shape index (κ1) is 20.4. The van der Waals surface area contributed by atoms with Gasteiger partial charge in [0, 0.05) is 17.6 Å². The van der Waals surface area contributed by atoms with Gasteiger partial charge >= 0.3 is 0 Å². The minimum absolute atomic E-state index is 0.0931. The summed E-state index contributed by atoms with van der Waals surface area (Å²) < 4.78 is 2.14. The molecule has 0 fully saturated rings. The molecule has 4 rings (SSSR count). The van der Waals surface area contributed by atoms with Crippen molar-refractivity contribution in [3.05, 3.63) is 76.1 Å². The quantitative estimate of drug-likeness (QED) is 0.354. The number of aromatic nitrogens is 2. The molecular formula is C23H21N3O2S2. The van der Waals surface area contributed by atoms with Crippen LogP contribution in [-0.4, -0.2) is 21.2 Å². The number of carbonyl (C=O) groups is 1. The Balaban J connectivity index is 1.54. The van der Waals surface area contributed by atoms with E-state index in [-0.39, 0.29) is 17.2 Å². The number of thiophene rings is 1. The van der Waals surface area contributed by atoms with Crippen molar-refractivity contribution >= 4 is 44.9 Å². The Kier molecular flexibility index (Phi) is 5.74. The molecule has 0 aliphatic heterocycles. The molecule has 0 saturated heterocycles. The van der Waals surface area contributed by atoms with Gasteiger partial charge in [-0.25, -0.2) is 4.98 Å². The molecule has 2 aromatic heterocycles. The molecule has 1 N–H and O–H groups in total. The average Bonchev–Trinajstić information content (AvgIpc) is 3.14. The summed E-state index contributed by atoms with van der Waals surface area (Å²) in [5.74, 6) is 0.0451. The number of anilines is 1. The van der Waals surface area contributed by atoms with Gasteiger partial charge in [-0.1, -0.05) is 48.2 Å². The maximum absolute atomic E-state index is 12.8. The van der Waals surface area contributed by atoms with Crippen LogP contribution in [0.3, 0.4) is 0 Å². The van der Waals surface area contributed by atoms with Crippen LogP contribution in [0.1, 0.15) is 11.1 Å². The molecule has 0 bridgehead atoms. The van der Waals surface area contributed by atoms with E-state index in [2.05, 4.69) is 16.4 Å². The van der Waals surface area contributed by atoms with Crippen LogP contribution in [0.25, 0.3) is 20.7 Å². The van der Waals surface area contributed by atoms with E-state index in [4.69, 9.17) is 0 Å². The van der Waals surface area contributed by atoms with Crippen molar-refractivity contribution in [2.24, 2.45) is 7.05 Å². The van der Waals surface area contributed by atoms with E-state index in [0.717, 1.165) is 27.3 Å². The number of fused-ring (bicyclic) bond motifs is 1. The van der Waals surface area contributed by atoms with Crippen molar-refractivity contribution in [1.82, 2.24) is 9.55 Å². The molecule has 4 aromatic rings. The molecule has 0 saturated carbocycles. The average molecular weight is 436 g/mol. The SMILES string of the molecule is Cc1cc(C)cc(NC(=O)CSc2nc3cc(-c4ccccc4)sc3c(=O)n2C)c1. The molecule has 0 aliphatic carbocycles. The monoisotopic (exact) mass is 435 g/mol. The highest BCUT2D eigenvalue weighted by molar-refractivity contribution is 7.99. The molecule has 2 heterocycles. The van der Waals surface area contributed by atoms with Crippen molar-refractivity contribution in [2.45, 2.75) is 19.0 Å². The molecule has 0 spiro atoms. The minimum atomic E-state index is -0.130. The van der Waals surface area contributed by atoms with E-state index >= 15 is 0 Å². The van der Waals surface area contributed by atoms with E-state index in [1.54, 1.807) is 7.05 Å². The summed E-state index contributed by atoms with van der Waals surface area (Å²) in [4.78, 5) is 30.9. The fourth-order valence-electron chi connectivity index (χ4n) is 3.28. The number of nitrogens with zero attached hydrogens (tertiary/aromatic N) is 2. The number of thioether (sulfide) groups is 1. The zero-order chi connectivity index (χ0) is 21.3. The first-order chi connectivity index (χ1) is 14.4. The molecule has 30 heavy (non-hydrogen) atoms. The smallest absolute Gasteiger partial charge is 0.271 e. The highest BCUT2D eigenvalue weighted by Gasteiger charge is 2.14. The van der Waals surface area contributed by atoms with Gasteiger partial charge in [-0.3, -0.25) is 14.2 Å². The normalized spacial score (nSPS) is 11.0. The number of amides is 1. The number of nitrogens with one attached hydrogen (secondary N) is 1. The molecule has 0 radical (unpaired) electrons. The highest BCUT2D eigenvalue weighted by Crippen LogP contribution is 2.31. The second-order valence-corrected chi connectivity index (χ2v) is 9.16. The molecule has 0 aliphatic rings. The van der Waals surface area contributed by atoms with Crippen molar-refractivity contribution in [2.75, 3.05) is 11.1 Å².